The van der Waals surface area contributed by atoms with Crippen LogP contribution in [0.15, 0.2) is 18.2 Å². The molecule has 0 radical (unpaired) electrons. The van der Waals surface area contributed by atoms with Crippen molar-refractivity contribution in [3.05, 3.63) is 34.3 Å². The Balaban J connectivity index is 3.28. The number of hydrogen-bond acceptors (Lipinski definition) is 2. The van der Waals surface area contributed by atoms with E-state index in [1.165, 1.54) is 0 Å². The summed E-state index contributed by atoms with van der Waals surface area (Å²) in [5, 5.41) is 8.78. The molecule has 0 bridgehead atoms. The fourth-order valence-corrected chi connectivity index (χ4v) is 1.60. The number of alkyl halides is 3. The lowest BCUT2D eigenvalue weighted by atomic mass is 9.97. The van der Waals surface area contributed by atoms with Crippen molar-refractivity contribution in [3.8, 4) is 0 Å². The number of halogens is 4. The second-order valence-electron chi connectivity index (χ2n) is 3.36. The predicted molar refractivity (Wildman–Crippen MR) is 55.9 cm³/mol. The molecule has 0 fully saturated rings. The zero-order valence-electron chi connectivity index (χ0n) is 8.46. The van der Waals surface area contributed by atoms with Crippen molar-refractivity contribution in [2.24, 2.45) is 5.73 Å². The van der Waals surface area contributed by atoms with E-state index in [2.05, 4.69) is 0 Å². The largest absolute Gasteiger partial charge is 0.481 e. The summed E-state index contributed by atoms with van der Waals surface area (Å²) in [6, 6.07) is 2.53. The van der Waals surface area contributed by atoms with Gasteiger partial charge < -0.3 is 10.8 Å². The fraction of sp³-hybridized carbons (Fsp3) is 0.300. The van der Waals surface area contributed by atoms with Crippen molar-refractivity contribution in [1.29, 1.82) is 0 Å². The normalized spacial score (nSPS) is 13.5. The standard InChI is InChI=1S/C10H9ClF3NO2/c11-8-2-1-5(10(12,13)14)3-6(8)7(4-15)9(16)17/h1-3,7H,4,15H2,(H,16,17). The molecule has 0 aromatic heterocycles. The van der Waals surface area contributed by atoms with E-state index in [9.17, 15) is 18.0 Å². The van der Waals surface area contributed by atoms with Gasteiger partial charge in [0, 0.05) is 11.6 Å². The summed E-state index contributed by atoms with van der Waals surface area (Å²) in [5.41, 5.74) is 4.14. The van der Waals surface area contributed by atoms with Crippen molar-refractivity contribution in [1.82, 2.24) is 0 Å². The first kappa shape index (κ1) is 13.8. The summed E-state index contributed by atoms with van der Waals surface area (Å²) < 4.78 is 37.3. The molecule has 1 unspecified atom stereocenters. The average Bonchev–Trinajstić information content (AvgIpc) is 2.19. The Hall–Kier alpha value is -1.27. The minimum atomic E-state index is -4.54. The van der Waals surface area contributed by atoms with Crippen LogP contribution in [-0.2, 0) is 11.0 Å². The number of carbonyl (C=O) groups is 1. The summed E-state index contributed by atoms with van der Waals surface area (Å²) in [6.07, 6.45) is -4.54. The van der Waals surface area contributed by atoms with E-state index in [0.717, 1.165) is 12.1 Å². The summed E-state index contributed by atoms with van der Waals surface area (Å²) in [6.45, 7) is -0.323. The first-order chi connectivity index (χ1) is 7.77. The molecule has 0 spiro atoms. The molecule has 0 aliphatic heterocycles. The van der Waals surface area contributed by atoms with Crippen LogP contribution in [-0.4, -0.2) is 17.6 Å². The van der Waals surface area contributed by atoms with E-state index >= 15 is 0 Å². The van der Waals surface area contributed by atoms with Gasteiger partial charge in [-0.15, -0.1) is 0 Å². The van der Waals surface area contributed by atoms with Gasteiger partial charge in [-0.2, -0.15) is 13.2 Å². The Morgan fingerprint density at radius 1 is 1.47 bits per heavy atom. The SMILES string of the molecule is NCC(C(=O)O)c1cc(C(F)(F)F)ccc1Cl. The summed E-state index contributed by atoms with van der Waals surface area (Å²) in [7, 11) is 0. The van der Waals surface area contributed by atoms with Crippen LogP contribution in [0.1, 0.15) is 17.0 Å². The minimum absolute atomic E-state index is 0.0455. The molecule has 1 rings (SSSR count). The number of rotatable bonds is 3. The maximum absolute atomic E-state index is 12.4. The third kappa shape index (κ3) is 3.10. The van der Waals surface area contributed by atoms with Crippen molar-refractivity contribution < 1.29 is 23.1 Å². The Morgan fingerprint density at radius 3 is 2.47 bits per heavy atom. The molecule has 3 N–H and O–H groups in total. The van der Waals surface area contributed by atoms with Gasteiger partial charge in [-0.25, -0.2) is 0 Å². The molecule has 1 atom stereocenters. The Kier molecular flexibility index (Phi) is 4.00. The van der Waals surface area contributed by atoms with Crippen LogP contribution in [0.5, 0.6) is 0 Å². The highest BCUT2D eigenvalue weighted by Gasteiger charge is 2.32. The first-order valence-corrected chi connectivity index (χ1v) is 4.94. The highest BCUT2D eigenvalue weighted by Crippen LogP contribution is 2.34. The Labute approximate surface area is 100.0 Å². The van der Waals surface area contributed by atoms with E-state index in [1.54, 1.807) is 0 Å². The number of carboxylic acids is 1. The molecular weight excluding hydrogens is 259 g/mol. The highest BCUT2D eigenvalue weighted by atomic mass is 35.5. The first-order valence-electron chi connectivity index (χ1n) is 4.57. The van der Waals surface area contributed by atoms with Crippen molar-refractivity contribution >= 4 is 17.6 Å². The zero-order chi connectivity index (χ0) is 13.2. The van der Waals surface area contributed by atoms with Crippen LogP contribution in [0.2, 0.25) is 5.02 Å². The van der Waals surface area contributed by atoms with Crippen molar-refractivity contribution in [2.75, 3.05) is 6.54 Å². The van der Waals surface area contributed by atoms with Crippen LogP contribution in [0.4, 0.5) is 13.2 Å². The molecule has 94 valence electrons. The molecule has 0 heterocycles. The molecular formula is C10H9ClF3NO2. The van der Waals surface area contributed by atoms with Gasteiger partial charge in [-0.05, 0) is 23.8 Å². The molecule has 0 amide bonds. The molecule has 0 saturated carbocycles. The molecule has 1 aromatic carbocycles. The Morgan fingerprint density at radius 2 is 2.06 bits per heavy atom. The quantitative estimate of drug-likeness (QED) is 0.884. The molecule has 7 heteroatoms. The van der Waals surface area contributed by atoms with E-state index in [4.69, 9.17) is 22.4 Å². The van der Waals surface area contributed by atoms with Gasteiger partial charge in [0.25, 0.3) is 0 Å². The van der Waals surface area contributed by atoms with Gasteiger partial charge in [-0.1, -0.05) is 11.6 Å². The van der Waals surface area contributed by atoms with Gasteiger partial charge in [0.15, 0.2) is 0 Å². The van der Waals surface area contributed by atoms with E-state index in [-0.39, 0.29) is 17.1 Å². The van der Waals surface area contributed by atoms with Gasteiger partial charge in [0.05, 0.1) is 11.5 Å². The smallest absolute Gasteiger partial charge is 0.416 e. The number of hydrogen-bond donors (Lipinski definition) is 2. The second kappa shape index (κ2) is 4.93. The monoisotopic (exact) mass is 267 g/mol. The summed E-state index contributed by atoms with van der Waals surface area (Å²) in [5.74, 6) is -2.56. The highest BCUT2D eigenvalue weighted by molar-refractivity contribution is 6.31. The van der Waals surface area contributed by atoms with Gasteiger partial charge in [0.2, 0.25) is 0 Å². The molecule has 0 aliphatic carbocycles. The number of carboxylic acid groups (broad SMARTS) is 1. The number of nitrogens with two attached hydrogens (primary N) is 1. The predicted octanol–water partition coefficient (Wildman–Crippen LogP) is 2.49. The third-order valence-corrected chi connectivity index (χ3v) is 2.58. The van der Waals surface area contributed by atoms with Gasteiger partial charge in [-0.3, -0.25) is 4.79 Å². The van der Waals surface area contributed by atoms with Crippen LogP contribution in [0.25, 0.3) is 0 Å². The molecule has 0 aliphatic rings. The number of aliphatic carboxylic acids is 1. The van der Waals surface area contributed by atoms with E-state index in [1.807, 2.05) is 0 Å². The summed E-state index contributed by atoms with van der Waals surface area (Å²) >= 11 is 5.68. The maximum Gasteiger partial charge on any atom is 0.416 e. The van der Waals surface area contributed by atoms with Crippen LogP contribution >= 0.6 is 11.6 Å². The minimum Gasteiger partial charge on any atom is -0.481 e. The zero-order valence-corrected chi connectivity index (χ0v) is 9.22. The summed E-state index contributed by atoms with van der Waals surface area (Å²) in [4.78, 5) is 10.8. The van der Waals surface area contributed by atoms with Crippen LogP contribution in [0.3, 0.4) is 0 Å². The molecule has 0 saturated heterocycles. The van der Waals surface area contributed by atoms with Gasteiger partial charge in [0.1, 0.15) is 0 Å². The topological polar surface area (TPSA) is 63.3 Å². The Bertz CT molecular complexity index is 434. The second-order valence-corrected chi connectivity index (χ2v) is 3.77. The van der Waals surface area contributed by atoms with Gasteiger partial charge >= 0.3 is 12.1 Å². The maximum atomic E-state index is 12.4. The number of benzene rings is 1. The third-order valence-electron chi connectivity index (χ3n) is 2.23. The lowest BCUT2D eigenvalue weighted by Gasteiger charge is -2.14. The fourth-order valence-electron chi connectivity index (χ4n) is 1.35. The van der Waals surface area contributed by atoms with E-state index in [0.29, 0.717) is 6.07 Å². The van der Waals surface area contributed by atoms with Crippen molar-refractivity contribution in [2.45, 2.75) is 12.1 Å². The lowest BCUT2D eigenvalue weighted by Crippen LogP contribution is -2.22. The van der Waals surface area contributed by atoms with E-state index < -0.39 is 23.6 Å². The molecule has 1 aromatic rings. The average molecular weight is 268 g/mol. The lowest BCUT2D eigenvalue weighted by molar-refractivity contribution is -0.140. The molecule has 17 heavy (non-hydrogen) atoms. The molecule has 3 nitrogen and oxygen atoms in total. The van der Waals surface area contributed by atoms with Crippen LogP contribution in [0, 0.1) is 0 Å². The van der Waals surface area contributed by atoms with Crippen LogP contribution < -0.4 is 5.73 Å². The van der Waals surface area contributed by atoms with Crippen molar-refractivity contribution in [3.63, 3.8) is 0 Å².